The molecule has 0 aromatic heterocycles. The molecule has 0 aliphatic rings. The Morgan fingerprint density at radius 3 is 1.44 bits per heavy atom. The van der Waals surface area contributed by atoms with E-state index in [0.29, 0.717) is 23.9 Å². The minimum absolute atomic E-state index is 0.277. The van der Waals surface area contributed by atoms with Crippen LogP contribution >= 0.6 is 0 Å². The van der Waals surface area contributed by atoms with Gasteiger partial charge in [-0.25, -0.2) is 4.79 Å². The number of hydrogen-bond acceptors (Lipinski definition) is 6. The van der Waals surface area contributed by atoms with Gasteiger partial charge in [0.2, 0.25) is 5.75 Å². The second-order valence-corrected chi connectivity index (χ2v) is 8.76. The Morgan fingerprint density at radius 1 is 0.647 bits per heavy atom. The maximum absolute atomic E-state index is 12.3. The van der Waals surface area contributed by atoms with Crippen LogP contribution in [0.4, 0.5) is 0 Å². The van der Waals surface area contributed by atoms with Crippen molar-refractivity contribution in [3.63, 3.8) is 0 Å². The summed E-state index contributed by atoms with van der Waals surface area (Å²) in [7, 11) is 4.51. The van der Waals surface area contributed by atoms with Gasteiger partial charge in [-0.15, -0.1) is 0 Å². The molecule has 0 aliphatic heterocycles. The van der Waals surface area contributed by atoms with Crippen LogP contribution < -0.4 is 14.2 Å². The zero-order valence-electron chi connectivity index (χ0n) is 21.8. The smallest absolute Gasteiger partial charge is 0.373 e. The topological polar surface area (TPSA) is 63.2 Å². The molecule has 0 saturated heterocycles. The van der Waals surface area contributed by atoms with Crippen LogP contribution in [-0.2, 0) is 9.78 Å². The van der Waals surface area contributed by atoms with Crippen LogP contribution in [0.5, 0.6) is 17.2 Å². The Kier molecular flexibility index (Phi) is 18.1. The fourth-order valence-electron chi connectivity index (χ4n) is 3.98. The van der Waals surface area contributed by atoms with E-state index in [1.807, 2.05) is 0 Å². The van der Waals surface area contributed by atoms with Crippen molar-refractivity contribution >= 4 is 5.97 Å². The molecule has 0 N–H and O–H groups in total. The Labute approximate surface area is 207 Å². The zero-order valence-corrected chi connectivity index (χ0v) is 21.8. The van der Waals surface area contributed by atoms with Crippen molar-refractivity contribution in [2.75, 3.05) is 27.9 Å². The highest BCUT2D eigenvalue weighted by atomic mass is 17.2. The first kappa shape index (κ1) is 30.1. The van der Waals surface area contributed by atoms with Gasteiger partial charge in [0.1, 0.15) is 0 Å². The van der Waals surface area contributed by atoms with E-state index in [4.69, 9.17) is 24.0 Å². The lowest BCUT2D eigenvalue weighted by Crippen LogP contribution is -2.08. The summed E-state index contributed by atoms with van der Waals surface area (Å²) in [6.07, 6.45) is 20.5. The molecule has 0 heterocycles. The molecular formula is C28H47O6. The highest BCUT2D eigenvalue weighted by Crippen LogP contribution is 2.38. The first-order chi connectivity index (χ1) is 16.7. The Bertz CT molecular complexity index is 621. The van der Waals surface area contributed by atoms with Gasteiger partial charge in [-0.3, -0.25) is 4.89 Å². The van der Waals surface area contributed by atoms with Crippen molar-refractivity contribution in [3.05, 3.63) is 24.6 Å². The average molecular weight is 480 g/mol. The summed E-state index contributed by atoms with van der Waals surface area (Å²) in [5, 5.41) is 0. The standard InChI is InChI=1S/C28H47O6/c1-5-6-7-8-9-10-11-12-13-14-15-16-17-18-19-20-21-33-34-28(29)24-22-25(30-2)27(32-4)26(23-24)31-3/h22-23H,1,5-21H2,2-4H3. The van der Waals surface area contributed by atoms with Gasteiger partial charge in [-0.05, 0) is 18.6 Å². The molecule has 0 aliphatic carbocycles. The van der Waals surface area contributed by atoms with Gasteiger partial charge in [0.15, 0.2) is 11.5 Å². The Balaban J connectivity index is 1.99. The largest absolute Gasteiger partial charge is 0.493 e. The molecule has 6 heteroatoms. The summed E-state index contributed by atoms with van der Waals surface area (Å²) in [5.41, 5.74) is 0.277. The fraction of sp³-hybridized carbons (Fsp3) is 0.714. The first-order valence-electron chi connectivity index (χ1n) is 13.1. The monoisotopic (exact) mass is 479 g/mol. The highest BCUT2D eigenvalue weighted by molar-refractivity contribution is 5.90. The molecule has 34 heavy (non-hydrogen) atoms. The maximum Gasteiger partial charge on any atom is 0.373 e. The van der Waals surface area contributed by atoms with E-state index >= 15 is 0 Å². The second kappa shape index (κ2) is 20.4. The zero-order chi connectivity index (χ0) is 24.9. The molecule has 1 radical (unpaired) electrons. The number of carbonyl (C=O) groups is 1. The van der Waals surface area contributed by atoms with E-state index in [2.05, 4.69) is 6.92 Å². The van der Waals surface area contributed by atoms with Crippen LogP contribution in [0.15, 0.2) is 12.1 Å². The molecular weight excluding hydrogens is 432 g/mol. The van der Waals surface area contributed by atoms with E-state index in [1.165, 1.54) is 105 Å². The van der Waals surface area contributed by atoms with Crippen LogP contribution in [0.25, 0.3) is 0 Å². The SMILES string of the molecule is [CH2]CCCCCCCCCCCCCCCCCOOC(=O)c1cc(OC)c(OC)c(OC)c1. The summed E-state index contributed by atoms with van der Waals surface area (Å²) in [6.45, 7) is 4.29. The van der Waals surface area contributed by atoms with E-state index in [1.54, 1.807) is 12.1 Å². The van der Waals surface area contributed by atoms with Crippen molar-refractivity contribution in [1.29, 1.82) is 0 Å². The van der Waals surface area contributed by atoms with Gasteiger partial charge in [0, 0.05) is 0 Å². The molecule has 1 aromatic rings. The normalized spacial score (nSPS) is 10.8. The number of rotatable bonds is 22. The van der Waals surface area contributed by atoms with Crippen LogP contribution in [0.3, 0.4) is 0 Å². The van der Waals surface area contributed by atoms with E-state index in [9.17, 15) is 4.79 Å². The first-order valence-corrected chi connectivity index (χ1v) is 13.1. The number of benzene rings is 1. The lowest BCUT2D eigenvalue weighted by atomic mass is 10.0. The Morgan fingerprint density at radius 2 is 1.06 bits per heavy atom. The second-order valence-electron chi connectivity index (χ2n) is 8.76. The molecule has 1 rings (SSSR count). The summed E-state index contributed by atoms with van der Waals surface area (Å²) in [6, 6.07) is 3.08. The highest BCUT2D eigenvalue weighted by Gasteiger charge is 2.18. The lowest BCUT2D eigenvalue weighted by Gasteiger charge is -2.13. The molecule has 6 nitrogen and oxygen atoms in total. The van der Waals surface area contributed by atoms with E-state index < -0.39 is 5.97 Å². The van der Waals surface area contributed by atoms with Gasteiger partial charge in [0.25, 0.3) is 0 Å². The number of unbranched alkanes of at least 4 members (excludes halogenated alkanes) is 15. The van der Waals surface area contributed by atoms with Gasteiger partial charge in [0.05, 0.1) is 33.5 Å². The molecule has 0 fully saturated rings. The third-order valence-corrected chi connectivity index (χ3v) is 6.01. The van der Waals surface area contributed by atoms with Gasteiger partial charge >= 0.3 is 5.97 Å². The summed E-state index contributed by atoms with van der Waals surface area (Å²) in [4.78, 5) is 22.3. The number of hydrogen-bond donors (Lipinski definition) is 0. The molecule has 195 valence electrons. The quantitative estimate of drug-likeness (QED) is 0.0957. The van der Waals surface area contributed by atoms with E-state index in [0.717, 1.165) is 19.3 Å². The predicted octanol–water partition coefficient (Wildman–Crippen LogP) is 7.88. The summed E-state index contributed by atoms with van der Waals surface area (Å²) in [5.74, 6) is 0.622. The number of methoxy groups -OCH3 is 3. The summed E-state index contributed by atoms with van der Waals surface area (Å²) < 4.78 is 15.8. The molecule has 0 unspecified atom stereocenters. The van der Waals surface area contributed by atoms with Crippen LogP contribution in [0.2, 0.25) is 0 Å². The van der Waals surface area contributed by atoms with Crippen LogP contribution in [-0.4, -0.2) is 33.9 Å². The van der Waals surface area contributed by atoms with Crippen molar-refractivity contribution in [2.24, 2.45) is 0 Å². The molecule has 0 spiro atoms. The number of ether oxygens (including phenoxy) is 3. The number of carbonyl (C=O) groups excluding carboxylic acids is 1. The molecule has 0 amide bonds. The molecule has 0 bridgehead atoms. The lowest BCUT2D eigenvalue weighted by molar-refractivity contribution is -0.241. The average Bonchev–Trinajstić information content (AvgIpc) is 2.86. The summed E-state index contributed by atoms with van der Waals surface area (Å²) >= 11 is 0. The Hall–Kier alpha value is -1.95. The van der Waals surface area contributed by atoms with Crippen LogP contribution in [0, 0.1) is 6.92 Å². The van der Waals surface area contributed by atoms with Crippen molar-refractivity contribution in [3.8, 4) is 17.2 Å². The minimum atomic E-state index is -0.590. The predicted molar refractivity (Wildman–Crippen MR) is 137 cm³/mol. The molecule has 0 saturated carbocycles. The maximum atomic E-state index is 12.3. The molecule has 1 aromatic carbocycles. The fourth-order valence-corrected chi connectivity index (χ4v) is 3.98. The van der Waals surface area contributed by atoms with Gasteiger partial charge in [-0.1, -0.05) is 103 Å². The third kappa shape index (κ3) is 13.1. The van der Waals surface area contributed by atoms with E-state index in [-0.39, 0.29) is 5.56 Å². The molecule has 0 atom stereocenters. The van der Waals surface area contributed by atoms with Crippen LogP contribution in [0.1, 0.15) is 113 Å². The van der Waals surface area contributed by atoms with Crippen molar-refractivity contribution < 1.29 is 28.8 Å². The van der Waals surface area contributed by atoms with Crippen molar-refractivity contribution in [1.82, 2.24) is 0 Å². The minimum Gasteiger partial charge on any atom is -0.493 e. The third-order valence-electron chi connectivity index (χ3n) is 6.01. The van der Waals surface area contributed by atoms with Crippen molar-refractivity contribution in [2.45, 2.75) is 103 Å². The van der Waals surface area contributed by atoms with Gasteiger partial charge < -0.3 is 14.2 Å². The van der Waals surface area contributed by atoms with Gasteiger partial charge in [-0.2, -0.15) is 4.89 Å².